The Morgan fingerprint density at radius 1 is 1.06 bits per heavy atom. The van der Waals surface area contributed by atoms with Crippen LogP contribution in [0.5, 0.6) is 0 Å². The lowest BCUT2D eigenvalue weighted by atomic mass is 10.1. The molecule has 0 spiro atoms. The number of nitrogens with two attached hydrogens (primary N) is 1. The highest BCUT2D eigenvalue weighted by molar-refractivity contribution is 7.08. The third-order valence-corrected chi connectivity index (χ3v) is 5.88. The minimum absolute atomic E-state index is 0.104. The molecule has 0 aliphatic rings. The number of carbonyl (C=O) groups is 2. The highest BCUT2D eigenvalue weighted by atomic mass is 32.1. The number of nitrogens with one attached hydrogen (secondary N) is 1. The van der Waals surface area contributed by atoms with Crippen LogP contribution in [0.25, 0.3) is 0 Å². The maximum absolute atomic E-state index is 13.1. The van der Waals surface area contributed by atoms with Gasteiger partial charge in [-0.05, 0) is 54.4 Å². The van der Waals surface area contributed by atoms with E-state index < -0.39 is 0 Å². The van der Waals surface area contributed by atoms with Crippen molar-refractivity contribution >= 4 is 28.8 Å². The van der Waals surface area contributed by atoms with E-state index in [9.17, 15) is 14.0 Å². The lowest BCUT2D eigenvalue weighted by molar-refractivity contribution is 0.0988. The molecule has 174 valence electrons. The maximum Gasteiger partial charge on any atom is 0.318 e. The number of nitrogen functional groups attached to an aromatic ring is 1. The van der Waals surface area contributed by atoms with Gasteiger partial charge in [0.05, 0.1) is 0 Å². The second-order valence-corrected chi connectivity index (χ2v) is 8.76. The van der Waals surface area contributed by atoms with Gasteiger partial charge in [-0.25, -0.2) is 9.18 Å². The average Bonchev–Trinajstić information content (AvgIpc) is 3.20. The summed E-state index contributed by atoms with van der Waals surface area (Å²) in [5.41, 5.74) is 9.29. The van der Waals surface area contributed by atoms with Gasteiger partial charge in [0.25, 0.3) is 0 Å². The number of rotatable bonds is 10. The van der Waals surface area contributed by atoms with Gasteiger partial charge in [-0.3, -0.25) is 9.78 Å². The summed E-state index contributed by atoms with van der Waals surface area (Å²) in [6.45, 7) is 1.85. The number of likely N-dealkylation sites (N-methyl/N-ethyl adjacent to an activating group) is 1. The van der Waals surface area contributed by atoms with E-state index in [4.69, 9.17) is 5.73 Å². The third-order valence-electron chi connectivity index (χ3n) is 5.07. The molecule has 0 aliphatic heterocycles. The number of carbonyl (C=O) groups excluding carboxylic acids is 2. The van der Waals surface area contributed by atoms with Crippen LogP contribution in [0.3, 0.4) is 0 Å². The minimum atomic E-state index is -0.314. The van der Waals surface area contributed by atoms with E-state index in [0.29, 0.717) is 37.6 Å². The first-order valence-corrected chi connectivity index (χ1v) is 11.5. The molecule has 2 amide bonds. The molecule has 3 rings (SSSR count). The molecule has 0 saturated carbocycles. The Hall–Kier alpha value is -3.30. The zero-order valence-corrected chi connectivity index (χ0v) is 19.6. The van der Waals surface area contributed by atoms with Gasteiger partial charge in [-0.15, -0.1) is 11.3 Å². The summed E-state index contributed by atoms with van der Waals surface area (Å²) in [5, 5.41) is 6.56. The number of halogens is 1. The number of hydrogen-bond donors (Lipinski definition) is 2. The first kappa shape index (κ1) is 24.3. The van der Waals surface area contributed by atoms with E-state index in [-0.39, 0.29) is 24.1 Å². The summed E-state index contributed by atoms with van der Waals surface area (Å²) in [6, 6.07) is 9.29. The Morgan fingerprint density at radius 2 is 1.79 bits per heavy atom. The highest BCUT2D eigenvalue weighted by Crippen LogP contribution is 2.19. The summed E-state index contributed by atoms with van der Waals surface area (Å²) in [5.74, 6) is -0.418. The molecule has 2 heterocycles. The fraction of sp³-hybridized carbons (Fsp3) is 0.292. The molecule has 0 aliphatic carbocycles. The summed E-state index contributed by atoms with van der Waals surface area (Å²) >= 11 is 1.46. The van der Waals surface area contributed by atoms with Crippen molar-refractivity contribution in [3.05, 3.63) is 81.6 Å². The van der Waals surface area contributed by atoms with Crippen LogP contribution in [0.2, 0.25) is 0 Å². The van der Waals surface area contributed by atoms with E-state index in [1.54, 1.807) is 29.3 Å². The first-order valence-electron chi connectivity index (χ1n) is 10.5. The fourth-order valence-corrected chi connectivity index (χ4v) is 3.86. The number of ketones is 1. The van der Waals surface area contributed by atoms with Crippen molar-refractivity contribution in [1.29, 1.82) is 0 Å². The predicted molar refractivity (Wildman–Crippen MR) is 129 cm³/mol. The molecule has 0 atom stereocenters. The summed E-state index contributed by atoms with van der Waals surface area (Å²) in [6.07, 6.45) is 1.84. The van der Waals surface area contributed by atoms with Crippen LogP contribution >= 0.6 is 11.3 Å². The Bertz CT molecular complexity index is 1070. The molecule has 3 N–H and O–H groups in total. The number of pyridine rings is 1. The number of nitrogens with zero attached hydrogens (tertiary/aromatic N) is 3. The summed E-state index contributed by atoms with van der Waals surface area (Å²) in [7, 11) is 3.88. The van der Waals surface area contributed by atoms with Gasteiger partial charge in [0.2, 0.25) is 0 Å². The molecule has 1 aromatic carbocycles. The SMILES string of the molecule is CN(C)CCN(Cc1ccc(C(=O)Cc2cscc2N)nc1)C(=O)NCc1ccc(F)cc1. The van der Waals surface area contributed by atoms with Crippen LogP contribution in [0.4, 0.5) is 14.9 Å². The normalized spacial score (nSPS) is 10.9. The van der Waals surface area contributed by atoms with E-state index in [1.807, 2.05) is 35.8 Å². The van der Waals surface area contributed by atoms with Gasteiger partial charge in [0.15, 0.2) is 5.78 Å². The minimum Gasteiger partial charge on any atom is -0.398 e. The molecule has 0 saturated heterocycles. The van der Waals surface area contributed by atoms with Crippen molar-refractivity contribution in [2.75, 3.05) is 32.9 Å². The van der Waals surface area contributed by atoms with Crippen LogP contribution < -0.4 is 11.1 Å². The molecule has 0 bridgehead atoms. The number of anilines is 1. The van der Waals surface area contributed by atoms with Crippen LogP contribution in [-0.2, 0) is 19.5 Å². The number of thiophene rings is 1. The monoisotopic (exact) mass is 469 g/mol. The number of hydrogen-bond acceptors (Lipinski definition) is 6. The number of benzene rings is 1. The average molecular weight is 470 g/mol. The van der Waals surface area contributed by atoms with Gasteiger partial charge >= 0.3 is 6.03 Å². The lowest BCUT2D eigenvalue weighted by Crippen LogP contribution is -2.42. The topological polar surface area (TPSA) is 91.6 Å². The zero-order valence-electron chi connectivity index (χ0n) is 18.8. The molecule has 33 heavy (non-hydrogen) atoms. The molecule has 3 aromatic rings. The zero-order chi connectivity index (χ0) is 23.8. The summed E-state index contributed by atoms with van der Waals surface area (Å²) in [4.78, 5) is 33.3. The van der Waals surface area contributed by atoms with Gasteiger partial charge in [-0.2, -0.15) is 0 Å². The van der Waals surface area contributed by atoms with Crippen molar-refractivity contribution in [2.24, 2.45) is 0 Å². The lowest BCUT2D eigenvalue weighted by Gasteiger charge is -2.25. The first-order chi connectivity index (χ1) is 15.8. The van der Waals surface area contributed by atoms with Crippen molar-refractivity contribution in [1.82, 2.24) is 20.1 Å². The maximum atomic E-state index is 13.1. The van der Waals surface area contributed by atoms with E-state index >= 15 is 0 Å². The summed E-state index contributed by atoms with van der Waals surface area (Å²) < 4.78 is 13.1. The molecular weight excluding hydrogens is 441 g/mol. The Labute approximate surface area is 197 Å². The number of Topliss-reactive ketones (excluding diaryl/α,β-unsaturated/α-hetero) is 1. The fourth-order valence-electron chi connectivity index (χ4n) is 3.11. The van der Waals surface area contributed by atoms with Crippen LogP contribution in [0.15, 0.2) is 53.4 Å². The molecule has 0 unspecified atom stereocenters. The van der Waals surface area contributed by atoms with Gasteiger partial charge in [0, 0.05) is 49.9 Å². The molecule has 2 aromatic heterocycles. The quantitative estimate of drug-likeness (QED) is 0.443. The third kappa shape index (κ3) is 7.37. The smallest absolute Gasteiger partial charge is 0.318 e. The number of amides is 2. The van der Waals surface area contributed by atoms with E-state index in [0.717, 1.165) is 16.7 Å². The van der Waals surface area contributed by atoms with Gasteiger partial charge in [-0.1, -0.05) is 18.2 Å². The Balaban J connectivity index is 1.62. The van der Waals surface area contributed by atoms with Crippen LogP contribution in [0, 0.1) is 5.82 Å². The van der Waals surface area contributed by atoms with Crippen LogP contribution in [0.1, 0.15) is 27.2 Å². The molecule has 0 fully saturated rings. The van der Waals surface area contributed by atoms with Crippen molar-refractivity contribution in [3.63, 3.8) is 0 Å². The number of urea groups is 1. The Kier molecular flexibility index (Phi) is 8.51. The van der Waals surface area contributed by atoms with Gasteiger partial charge < -0.3 is 20.9 Å². The molecule has 0 radical (unpaired) electrons. The molecular formula is C24H28FN5O2S. The van der Waals surface area contributed by atoms with Crippen molar-refractivity contribution < 1.29 is 14.0 Å². The highest BCUT2D eigenvalue weighted by Gasteiger charge is 2.16. The van der Waals surface area contributed by atoms with Crippen molar-refractivity contribution in [3.8, 4) is 0 Å². The predicted octanol–water partition coefficient (Wildman–Crippen LogP) is 3.56. The molecule has 7 nitrogen and oxygen atoms in total. The van der Waals surface area contributed by atoms with E-state index in [1.165, 1.54) is 23.5 Å². The number of aromatic nitrogens is 1. The molecule has 9 heteroatoms. The second kappa shape index (κ2) is 11.5. The second-order valence-electron chi connectivity index (χ2n) is 8.01. The van der Waals surface area contributed by atoms with E-state index in [2.05, 4.69) is 10.3 Å². The van der Waals surface area contributed by atoms with Gasteiger partial charge in [0.1, 0.15) is 11.5 Å². The Morgan fingerprint density at radius 3 is 2.39 bits per heavy atom. The largest absolute Gasteiger partial charge is 0.398 e. The van der Waals surface area contributed by atoms with Crippen LogP contribution in [-0.4, -0.2) is 53.8 Å². The van der Waals surface area contributed by atoms with Crippen molar-refractivity contribution in [2.45, 2.75) is 19.5 Å². The standard InChI is InChI=1S/C24H28FN5O2S/c1-29(2)9-10-30(24(32)28-12-17-3-6-20(25)7-4-17)14-18-5-8-22(27-13-18)23(31)11-19-15-33-16-21(19)26/h3-8,13,15-16H,9-12,14,26H2,1-2H3,(H,28,32).